The number of hydrogen-bond acceptors (Lipinski definition) is 3. The molecule has 0 saturated heterocycles. The number of rotatable bonds is 8. The molecule has 0 saturated carbocycles. The molecule has 3 heteroatoms. The van der Waals surface area contributed by atoms with Crippen molar-refractivity contribution in [3.05, 3.63) is 35.9 Å². The van der Waals surface area contributed by atoms with E-state index in [0.717, 1.165) is 12.1 Å². The van der Waals surface area contributed by atoms with Crippen LogP contribution in [0.5, 0.6) is 0 Å². The fraction of sp³-hybridized carbons (Fsp3) is 0.600. The van der Waals surface area contributed by atoms with Gasteiger partial charge in [-0.25, -0.2) is 0 Å². The summed E-state index contributed by atoms with van der Waals surface area (Å²) in [6.07, 6.45) is -0.430. The molecule has 0 aliphatic rings. The van der Waals surface area contributed by atoms with E-state index in [4.69, 9.17) is 4.74 Å². The second-order valence-electron chi connectivity index (χ2n) is 5.09. The van der Waals surface area contributed by atoms with E-state index in [0.29, 0.717) is 19.1 Å². The molecule has 0 aliphatic carbocycles. The molecule has 102 valence electrons. The van der Waals surface area contributed by atoms with Crippen LogP contribution in [0.3, 0.4) is 0 Å². The molecule has 0 heterocycles. The van der Waals surface area contributed by atoms with Gasteiger partial charge in [-0.2, -0.15) is 0 Å². The van der Waals surface area contributed by atoms with E-state index in [1.165, 1.54) is 0 Å². The molecule has 2 atom stereocenters. The van der Waals surface area contributed by atoms with Crippen LogP contribution in [0.15, 0.2) is 30.3 Å². The van der Waals surface area contributed by atoms with Gasteiger partial charge in [0, 0.05) is 6.54 Å². The Hall–Kier alpha value is -0.900. The molecule has 0 aliphatic heterocycles. The van der Waals surface area contributed by atoms with Crippen molar-refractivity contribution in [1.29, 1.82) is 0 Å². The molecule has 18 heavy (non-hydrogen) atoms. The van der Waals surface area contributed by atoms with E-state index in [1.807, 2.05) is 37.3 Å². The van der Waals surface area contributed by atoms with E-state index in [-0.39, 0.29) is 6.10 Å². The average Bonchev–Trinajstić information content (AvgIpc) is 2.36. The highest BCUT2D eigenvalue weighted by atomic mass is 16.5. The molecule has 0 bridgehead atoms. The lowest BCUT2D eigenvalue weighted by Crippen LogP contribution is -2.32. The smallest absolute Gasteiger partial charge is 0.0897 e. The zero-order valence-electron chi connectivity index (χ0n) is 11.6. The zero-order chi connectivity index (χ0) is 13.4. The first-order valence-corrected chi connectivity index (χ1v) is 6.65. The Bertz CT molecular complexity index is 314. The van der Waals surface area contributed by atoms with Crippen LogP contribution in [0.25, 0.3) is 0 Å². The summed E-state index contributed by atoms with van der Waals surface area (Å²) < 4.78 is 5.66. The maximum atomic E-state index is 9.77. The second kappa shape index (κ2) is 8.25. The summed E-state index contributed by atoms with van der Waals surface area (Å²) in [6.45, 7) is 8.16. The number of nitrogens with one attached hydrogen (secondary N) is 1. The molecule has 1 rings (SSSR count). The third kappa shape index (κ3) is 6.15. The first kappa shape index (κ1) is 15.2. The molecule has 1 aromatic carbocycles. The highest BCUT2D eigenvalue weighted by molar-refractivity contribution is 5.16. The lowest BCUT2D eigenvalue weighted by Gasteiger charge is -2.17. The van der Waals surface area contributed by atoms with Crippen LogP contribution < -0.4 is 5.32 Å². The van der Waals surface area contributed by atoms with Gasteiger partial charge in [0.2, 0.25) is 0 Å². The van der Waals surface area contributed by atoms with Crippen molar-refractivity contribution in [2.75, 3.05) is 19.7 Å². The molecular formula is C15H25NO2. The fourth-order valence-corrected chi connectivity index (χ4v) is 1.67. The first-order valence-electron chi connectivity index (χ1n) is 6.65. The lowest BCUT2D eigenvalue weighted by molar-refractivity contribution is -0.00215. The molecule has 2 N–H and O–H groups in total. The highest BCUT2D eigenvalue weighted by Gasteiger charge is 2.09. The average molecular weight is 251 g/mol. The van der Waals surface area contributed by atoms with E-state index in [2.05, 4.69) is 19.2 Å². The van der Waals surface area contributed by atoms with Crippen LogP contribution in [-0.2, 0) is 4.74 Å². The van der Waals surface area contributed by atoms with Crippen LogP contribution in [0, 0.1) is 5.92 Å². The van der Waals surface area contributed by atoms with Crippen LogP contribution in [0.2, 0.25) is 0 Å². The van der Waals surface area contributed by atoms with Gasteiger partial charge in [-0.05, 0) is 24.9 Å². The van der Waals surface area contributed by atoms with Gasteiger partial charge in [-0.15, -0.1) is 0 Å². The van der Waals surface area contributed by atoms with Gasteiger partial charge in [0.05, 0.1) is 18.8 Å². The van der Waals surface area contributed by atoms with Gasteiger partial charge in [0.15, 0.2) is 0 Å². The molecular weight excluding hydrogens is 226 g/mol. The molecule has 0 radical (unpaired) electrons. The largest absolute Gasteiger partial charge is 0.389 e. The standard InChI is InChI=1S/C15H25NO2/c1-12(2)9-16-10-15(17)11-18-13(3)14-7-5-4-6-8-14/h4-8,12-13,15-17H,9-11H2,1-3H3/t13-,15-/m1/s1. The maximum absolute atomic E-state index is 9.77. The van der Waals surface area contributed by atoms with Crippen LogP contribution in [-0.4, -0.2) is 30.9 Å². The van der Waals surface area contributed by atoms with Crippen molar-refractivity contribution >= 4 is 0 Å². The number of aliphatic hydroxyl groups is 1. The molecule has 0 aromatic heterocycles. The molecule has 0 fully saturated rings. The Kier molecular flexibility index (Phi) is 6.94. The Morgan fingerprint density at radius 1 is 1.11 bits per heavy atom. The minimum atomic E-state index is -0.449. The van der Waals surface area contributed by atoms with Crippen LogP contribution >= 0.6 is 0 Å². The van der Waals surface area contributed by atoms with Gasteiger partial charge in [0.1, 0.15) is 0 Å². The summed E-state index contributed by atoms with van der Waals surface area (Å²) in [5.74, 6) is 0.598. The molecule has 0 unspecified atom stereocenters. The molecule has 3 nitrogen and oxygen atoms in total. The molecule has 0 spiro atoms. The normalized spacial score (nSPS) is 14.7. The second-order valence-corrected chi connectivity index (χ2v) is 5.09. The third-order valence-electron chi connectivity index (χ3n) is 2.74. The summed E-state index contributed by atoms with van der Waals surface area (Å²) in [5, 5.41) is 13.0. The Morgan fingerprint density at radius 3 is 2.39 bits per heavy atom. The van der Waals surface area contributed by atoms with Crippen LogP contribution in [0.4, 0.5) is 0 Å². The maximum Gasteiger partial charge on any atom is 0.0897 e. The van der Waals surface area contributed by atoms with Crippen molar-refractivity contribution in [3.8, 4) is 0 Å². The third-order valence-corrected chi connectivity index (χ3v) is 2.74. The van der Waals surface area contributed by atoms with Gasteiger partial charge in [-0.3, -0.25) is 0 Å². The Labute approximate surface area is 110 Å². The number of ether oxygens (including phenoxy) is 1. The van der Waals surface area contributed by atoms with E-state index < -0.39 is 6.10 Å². The minimum absolute atomic E-state index is 0.0194. The zero-order valence-corrected chi connectivity index (χ0v) is 11.6. The summed E-state index contributed by atoms with van der Waals surface area (Å²) in [4.78, 5) is 0. The lowest BCUT2D eigenvalue weighted by atomic mass is 10.1. The quantitative estimate of drug-likeness (QED) is 0.745. The number of benzene rings is 1. The van der Waals surface area contributed by atoms with Crippen molar-refractivity contribution in [2.24, 2.45) is 5.92 Å². The predicted molar refractivity (Wildman–Crippen MR) is 74.5 cm³/mol. The Balaban J connectivity index is 2.20. The minimum Gasteiger partial charge on any atom is -0.389 e. The van der Waals surface area contributed by atoms with Crippen molar-refractivity contribution < 1.29 is 9.84 Å². The SMILES string of the molecule is CC(C)CNC[C@@H](O)CO[C@H](C)c1ccccc1. The van der Waals surface area contributed by atoms with Gasteiger partial charge >= 0.3 is 0 Å². The van der Waals surface area contributed by atoms with E-state index in [1.54, 1.807) is 0 Å². The highest BCUT2D eigenvalue weighted by Crippen LogP contribution is 2.15. The van der Waals surface area contributed by atoms with Crippen molar-refractivity contribution in [1.82, 2.24) is 5.32 Å². The van der Waals surface area contributed by atoms with Gasteiger partial charge < -0.3 is 15.2 Å². The van der Waals surface area contributed by atoms with Gasteiger partial charge in [-0.1, -0.05) is 44.2 Å². The molecule has 0 amide bonds. The predicted octanol–water partition coefficient (Wildman–Crippen LogP) is 2.37. The van der Waals surface area contributed by atoms with Crippen molar-refractivity contribution in [3.63, 3.8) is 0 Å². The molecule has 1 aromatic rings. The monoisotopic (exact) mass is 251 g/mol. The number of aliphatic hydroxyl groups excluding tert-OH is 1. The van der Waals surface area contributed by atoms with E-state index >= 15 is 0 Å². The number of hydrogen-bond donors (Lipinski definition) is 2. The van der Waals surface area contributed by atoms with Crippen LogP contribution in [0.1, 0.15) is 32.4 Å². The summed E-state index contributed by atoms with van der Waals surface area (Å²) >= 11 is 0. The van der Waals surface area contributed by atoms with Crippen molar-refractivity contribution in [2.45, 2.75) is 33.0 Å². The van der Waals surface area contributed by atoms with Gasteiger partial charge in [0.25, 0.3) is 0 Å². The summed E-state index contributed by atoms with van der Waals surface area (Å²) in [7, 11) is 0. The van der Waals surface area contributed by atoms with E-state index in [9.17, 15) is 5.11 Å². The first-order chi connectivity index (χ1) is 8.59. The summed E-state index contributed by atoms with van der Waals surface area (Å²) in [5.41, 5.74) is 1.14. The fourth-order valence-electron chi connectivity index (χ4n) is 1.67. The summed E-state index contributed by atoms with van der Waals surface area (Å²) in [6, 6.07) is 10.1. The Morgan fingerprint density at radius 2 is 1.78 bits per heavy atom. The topological polar surface area (TPSA) is 41.5 Å².